The Labute approximate surface area is 274 Å². The van der Waals surface area contributed by atoms with Crippen molar-refractivity contribution in [2.45, 2.75) is 119 Å². The van der Waals surface area contributed by atoms with Gasteiger partial charge in [-0.3, -0.25) is 0 Å². The van der Waals surface area contributed by atoms with E-state index in [-0.39, 0.29) is 34.7 Å². The number of aliphatic hydroxyl groups excluding tert-OH is 2. The van der Waals surface area contributed by atoms with Crippen LogP contribution in [0.2, 0.25) is 0 Å². The molecule has 0 bridgehead atoms. The van der Waals surface area contributed by atoms with Crippen molar-refractivity contribution in [2.24, 2.45) is 10.8 Å². The Balaban J connectivity index is 1.49. The zero-order valence-electron chi connectivity index (χ0n) is 29.5. The van der Waals surface area contributed by atoms with Gasteiger partial charge in [-0.05, 0) is 88.9 Å². The summed E-state index contributed by atoms with van der Waals surface area (Å²) in [5, 5.41) is 20.5. The molecule has 1 heterocycles. The van der Waals surface area contributed by atoms with Crippen molar-refractivity contribution in [3.8, 4) is 0 Å². The van der Waals surface area contributed by atoms with Crippen LogP contribution in [0, 0.1) is 10.8 Å². The molecule has 3 nitrogen and oxygen atoms in total. The van der Waals surface area contributed by atoms with Crippen LogP contribution in [-0.2, 0) is 4.74 Å². The Morgan fingerprint density at radius 3 is 1.78 bits per heavy atom. The monoisotopic (exact) mass is 610 g/mol. The van der Waals surface area contributed by atoms with Gasteiger partial charge in [0, 0.05) is 6.42 Å². The molecule has 2 N–H and O–H groups in total. The molecule has 0 aromatic carbocycles. The minimum Gasteiger partial charge on any atom is -0.393 e. The number of hydrogen-bond acceptors (Lipinski definition) is 3. The third-order valence-corrected chi connectivity index (χ3v) is 9.20. The van der Waals surface area contributed by atoms with E-state index in [0.717, 1.165) is 24.8 Å². The number of rotatable bonds is 10. The van der Waals surface area contributed by atoms with Crippen LogP contribution in [-0.4, -0.2) is 34.1 Å². The molecule has 0 spiro atoms. The van der Waals surface area contributed by atoms with Gasteiger partial charge in [-0.1, -0.05) is 141 Å². The molecule has 2 aliphatic carbocycles. The number of ether oxygens (including phenoxy) is 1. The van der Waals surface area contributed by atoms with Crippen LogP contribution in [0.4, 0.5) is 0 Å². The first-order chi connectivity index (χ1) is 21.0. The highest BCUT2D eigenvalue weighted by atomic mass is 16.5. The molecule has 0 aromatic rings. The quantitative estimate of drug-likeness (QED) is 0.191. The highest BCUT2D eigenvalue weighted by Gasteiger charge is 2.49. The highest BCUT2D eigenvalue weighted by Crippen LogP contribution is 2.51. The standard InChI is InChI=1S/C42H58O3/c1-30(17-13-19-32(3)21-23-37-26-39-41(8,9)28-36(44)29-42(39,10)45-37)15-11-12-16-31(2)18-14-20-33(4)22-24-38-34(5)25-35(43)27-40(38,6)7/h11-24,26,35-37,43-44H,25,27-29H2,1-10H3/b12-11+,17-13+,18-14+,23-21+,24-22+,30-15+,31-16+,32-19+,33-20+/t35-,36+,37-,42-/m1/s1. The molecule has 244 valence electrons. The van der Waals surface area contributed by atoms with Crippen LogP contribution in [0.25, 0.3) is 0 Å². The van der Waals surface area contributed by atoms with Crippen LogP contribution < -0.4 is 0 Å². The van der Waals surface area contributed by atoms with Gasteiger partial charge < -0.3 is 14.9 Å². The lowest BCUT2D eigenvalue weighted by atomic mass is 9.65. The van der Waals surface area contributed by atoms with Crippen molar-refractivity contribution in [1.82, 2.24) is 0 Å². The molecule has 0 radical (unpaired) electrons. The summed E-state index contributed by atoms with van der Waals surface area (Å²) in [5.41, 5.74) is 8.24. The second kappa shape index (κ2) is 15.5. The van der Waals surface area contributed by atoms with E-state index in [4.69, 9.17) is 4.74 Å². The first kappa shape index (κ1) is 36.5. The van der Waals surface area contributed by atoms with Crippen LogP contribution in [0.5, 0.6) is 0 Å². The molecular weight excluding hydrogens is 552 g/mol. The van der Waals surface area contributed by atoms with E-state index in [2.05, 4.69) is 160 Å². The van der Waals surface area contributed by atoms with E-state index >= 15 is 0 Å². The zero-order valence-corrected chi connectivity index (χ0v) is 29.5. The van der Waals surface area contributed by atoms with Crippen LogP contribution in [0.1, 0.15) is 94.9 Å². The molecular formula is C42H58O3. The lowest BCUT2D eigenvalue weighted by Gasteiger charge is -2.44. The Morgan fingerprint density at radius 1 is 0.689 bits per heavy atom. The summed E-state index contributed by atoms with van der Waals surface area (Å²) in [4.78, 5) is 0. The molecule has 1 saturated carbocycles. The molecule has 45 heavy (non-hydrogen) atoms. The number of hydrogen-bond donors (Lipinski definition) is 2. The summed E-state index contributed by atoms with van der Waals surface area (Å²) in [5.74, 6) is 0. The van der Waals surface area contributed by atoms with Crippen molar-refractivity contribution in [2.75, 3.05) is 0 Å². The van der Waals surface area contributed by atoms with Gasteiger partial charge in [-0.2, -0.15) is 0 Å². The van der Waals surface area contributed by atoms with Gasteiger partial charge in [0.1, 0.15) is 0 Å². The van der Waals surface area contributed by atoms with Gasteiger partial charge in [0.05, 0.1) is 23.9 Å². The van der Waals surface area contributed by atoms with Gasteiger partial charge >= 0.3 is 0 Å². The normalized spacial score (nSPS) is 30.1. The maximum Gasteiger partial charge on any atom is 0.0956 e. The molecule has 3 heteroatoms. The van der Waals surface area contributed by atoms with E-state index in [1.54, 1.807) is 0 Å². The van der Waals surface area contributed by atoms with E-state index in [1.807, 2.05) is 0 Å². The van der Waals surface area contributed by atoms with E-state index in [1.165, 1.54) is 33.4 Å². The Hall–Kier alpha value is -2.98. The average Bonchev–Trinajstić information content (AvgIpc) is 3.25. The fourth-order valence-electron chi connectivity index (χ4n) is 7.14. The number of allylic oxidation sites excluding steroid dienone is 18. The van der Waals surface area contributed by atoms with E-state index < -0.39 is 0 Å². The third-order valence-electron chi connectivity index (χ3n) is 9.20. The van der Waals surface area contributed by atoms with Crippen molar-refractivity contribution >= 4 is 0 Å². The highest BCUT2D eigenvalue weighted by molar-refractivity contribution is 5.39. The first-order valence-corrected chi connectivity index (χ1v) is 16.6. The summed E-state index contributed by atoms with van der Waals surface area (Å²) in [6.07, 6.45) is 34.3. The largest absolute Gasteiger partial charge is 0.393 e. The van der Waals surface area contributed by atoms with Gasteiger partial charge in [-0.25, -0.2) is 0 Å². The summed E-state index contributed by atoms with van der Waals surface area (Å²) in [6, 6.07) is 0. The molecule has 1 aliphatic heterocycles. The first-order valence-electron chi connectivity index (χ1n) is 16.6. The summed E-state index contributed by atoms with van der Waals surface area (Å²) >= 11 is 0. The van der Waals surface area contributed by atoms with Crippen LogP contribution in [0.3, 0.4) is 0 Å². The molecule has 0 saturated heterocycles. The van der Waals surface area contributed by atoms with E-state index in [9.17, 15) is 10.2 Å². The summed E-state index contributed by atoms with van der Waals surface area (Å²) < 4.78 is 6.37. The van der Waals surface area contributed by atoms with Gasteiger partial charge in [0.15, 0.2) is 0 Å². The molecule has 4 atom stereocenters. The number of fused-ring (bicyclic) bond motifs is 1. The molecule has 0 aromatic heterocycles. The minimum absolute atomic E-state index is 0.00134. The topological polar surface area (TPSA) is 49.7 Å². The fraction of sp³-hybridized carbons (Fsp3) is 0.476. The lowest BCUT2D eigenvalue weighted by Crippen LogP contribution is -2.45. The summed E-state index contributed by atoms with van der Waals surface area (Å²) in [6.45, 7) is 21.5. The van der Waals surface area contributed by atoms with Crippen molar-refractivity contribution in [3.05, 3.63) is 130 Å². The molecule has 3 aliphatic rings. The van der Waals surface area contributed by atoms with Gasteiger partial charge in [0.25, 0.3) is 0 Å². The molecule has 1 fully saturated rings. The number of aliphatic hydroxyl groups is 2. The second-order valence-corrected chi connectivity index (χ2v) is 14.9. The predicted molar refractivity (Wildman–Crippen MR) is 193 cm³/mol. The summed E-state index contributed by atoms with van der Waals surface area (Å²) in [7, 11) is 0. The minimum atomic E-state index is -0.378. The Morgan fingerprint density at radius 2 is 1.20 bits per heavy atom. The molecule has 3 rings (SSSR count). The average molecular weight is 611 g/mol. The lowest BCUT2D eigenvalue weighted by molar-refractivity contribution is -0.0659. The SMILES string of the molecule is CC1=C(/C=C/C(C)=C/C=C/C(C)=C/C=C/C=C(C)/C=C/C=C(C)/C=C/[C@@H]2C=C3C(C)(C)C[C@H](O)C[C@@]3(C)O2)C(C)(C)C[C@H](O)C1. The van der Waals surface area contributed by atoms with Gasteiger partial charge in [0.2, 0.25) is 0 Å². The van der Waals surface area contributed by atoms with Crippen molar-refractivity contribution in [1.29, 1.82) is 0 Å². The predicted octanol–water partition coefficient (Wildman–Crippen LogP) is 10.3. The third kappa shape index (κ3) is 10.8. The zero-order chi connectivity index (χ0) is 33.4. The Bertz CT molecular complexity index is 1410. The van der Waals surface area contributed by atoms with Gasteiger partial charge in [-0.15, -0.1) is 0 Å². The fourth-order valence-corrected chi connectivity index (χ4v) is 7.14. The van der Waals surface area contributed by atoms with Crippen molar-refractivity contribution < 1.29 is 14.9 Å². The van der Waals surface area contributed by atoms with Crippen LogP contribution >= 0.6 is 0 Å². The molecule has 0 unspecified atom stereocenters. The second-order valence-electron chi connectivity index (χ2n) is 14.9. The molecule has 0 amide bonds. The van der Waals surface area contributed by atoms with Crippen molar-refractivity contribution in [3.63, 3.8) is 0 Å². The van der Waals surface area contributed by atoms with E-state index in [0.29, 0.717) is 6.42 Å². The van der Waals surface area contributed by atoms with Crippen LogP contribution in [0.15, 0.2) is 130 Å². The smallest absolute Gasteiger partial charge is 0.0956 e. The maximum absolute atomic E-state index is 10.3. The Kier molecular flexibility index (Phi) is 12.6. The maximum atomic E-state index is 10.3.